The number of rotatable bonds is 6. The van der Waals surface area contributed by atoms with Crippen LogP contribution < -0.4 is 14.9 Å². The SMILES string of the molecule is Cc1cccc(S(=O)(=O)NCC(=O)Nc2ccccc2N2CCOCC2)c1. The standard InChI is InChI=1S/C19H23N3O4S/c1-15-5-4-6-16(13-15)27(24,25)20-14-19(23)21-17-7-2-3-8-18(17)22-9-11-26-12-10-22/h2-8,13,20H,9-12,14H2,1H3,(H,21,23). The zero-order chi connectivity index (χ0) is 19.3. The van der Waals surface area contributed by atoms with Crippen molar-refractivity contribution >= 4 is 27.3 Å². The molecule has 3 rings (SSSR count). The van der Waals surface area contributed by atoms with E-state index >= 15 is 0 Å². The molecule has 0 radical (unpaired) electrons. The van der Waals surface area contributed by atoms with Crippen LogP contribution >= 0.6 is 0 Å². The maximum atomic E-state index is 12.3. The van der Waals surface area contributed by atoms with Gasteiger partial charge in [0.15, 0.2) is 0 Å². The second-order valence-corrected chi connectivity index (χ2v) is 8.07. The Kier molecular flexibility index (Phi) is 6.10. The molecule has 0 bridgehead atoms. The first-order valence-corrected chi connectivity index (χ1v) is 10.2. The summed E-state index contributed by atoms with van der Waals surface area (Å²) >= 11 is 0. The fourth-order valence-electron chi connectivity index (χ4n) is 2.88. The molecule has 0 saturated carbocycles. The third-order valence-electron chi connectivity index (χ3n) is 4.25. The van der Waals surface area contributed by atoms with E-state index in [9.17, 15) is 13.2 Å². The average molecular weight is 389 g/mol. The van der Waals surface area contributed by atoms with Crippen LogP contribution in [0.3, 0.4) is 0 Å². The lowest BCUT2D eigenvalue weighted by molar-refractivity contribution is -0.115. The number of anilines is 2. The average Bonchev–Trinajstić information content (AvgIpc) is 2.68. The molecule has 0 atom stereocenters. The van der Waals surface area contributed by atoms with Crippen molar-refractivity contribution < 1.29 is 17.9 Å². The molecule has 0 aliphatic carbocycles. The molecule has 8 heteroatoms. The van der Waals surface area contributed by atoms with Crippen LogP contribution in [0.4, 0.5) is 11.4 Å². The molecule has 7 nitrogen and oxygen atoms in total. The molecule has 1 saturated heterocycles. The van der Waals surface area contributed by atoms with Gasteiger partial charge in [-0.3, -0.25) is 4.79 Å². The van der Waals surface area contributed by atoms with E-state index < -0.39 is 15.9 Å². The molecule has 0 spiro atoms. The first kappa shape index (κ1) is 19.3. The van der Waals surface area contributed by atoms with Crippen molar-refractivity contribution in [2.45, 2.75) is 11.8 Å². The van der Waals surface area contributed by atoms with E-state index in [0.29, 0.717) is 18.9 Å². The number of amides is 1. The number of hydrogen-bond donors (Lipinski definition) is 2. The topological polar surface area (TPSA) is 87.7 Å². The lowest BCUT2D eigenvalue weighted by atomic mass is 10.2. The highest BCUT2D eigenvalue weighted by Gasteiger charge is 2.18. The third-order valence-corrected chi connectivity index (χ3v) is 5.65. The number of benzene rings is 2. The van der Waals surface area contributed by atoms with Crippen LogP contribution in [-0.2, 0) is 19.6 Å². The van der Waals surface area contributed by atoms with Gasteiger partial charge < -0.3 is 15.0 Å². The number of carbonyl (C=O) groups excluding carboxylic acids is 1. The van der Waals surface area contributed by atoms with Gasteiger partial charge in [-0.1, -0.05) is 24.3 Å². The van der Waals surface area contributed by atoms with Gasteiger partial charge in [0.1, 0.15) is 0 Å². The summed E-state index contributed by atoms with van der Waals surface area (Å²) in [5, 5.41) is 2.79. The van der Waals surface area contributed by atoms with Crippen LogP contribution in [0.25, 0.3) is 0 Å². The summed E-state index contributed by atoms with van der Waals surface area (Å²) in [5.41, 5.74) is 2.39. The van der Waals surface area contributed by atoms with Crippen LogP contribution in [0, 0.1) is 6.92 Å². The summed E-state index contributed by atoms with van der Waals surface area (Å²) in [7, 11) is -3.74. The number of para-hydroxylation sites is 2. The number of carbonyl (C=O) groups is 1. The highest BCUT2D eigenvalue weighted by molar-refractivity contribution is 7.89. The fourth-order valence-corrected chi connectivity index (χ4v) is 3.97. The maximum absolute atomic E-state index is 12.3. The Morgan fingerprint density at radius 1 is 1.11 bits per heavy atom. The van der Waals surface area contributed by atoms with Crippen molar-refractivity contribution in [3.63, 3.8) is 0 Å². The predicted molar refractivity (Wildman–Crippen MR) is 104 cm³/mol. The minimum Gasteiger partial charge on any atom is -0.378 e. The largest absolute Gasteiger partial charge is 0.378 e. The Labute approximate surface area is 159 Å². The van der Waals surface area contributed by atoms with Gasteiger partial charge in [0.2, 0.25) is 15.9 Å². The molecule has 2 aromatic rings. The lowest BCUT2D eigenvalue weighted by Crippen LogP contribution is -2.37. The second kappa shape index (κ2) is 8.51. The van der Waals surface area contributed by atoms with E-state index in [2.05, 4.69) is 14.9 Å². The van der Waals surface area contributed by atoms with Gasteiger partial charge in [-0.05, 0) is 36.8 Å². The van der Waals surface area contributed by atoms with E-state index in [-0.39, 0.29) is 11.4 Å². The molecule has 144 valence electrons. The Balaban J connectivity index is 1.64. The summed E-state index contributed by atoms with van der Waals surface area (Å²) in [6.07, 6.45) is 0. The molecule has 2 N–H and O–H groups in total. The monoisotopic (exact) mass is 389 g/mol. The van der Waals surface area contributed by atoms with E-state index in [1.807, 2.05) is 31.2 Å². The second-order valence-electron chi connectivity index (χ2n) is 6.31. The molecule has 0 aromatic heterocycles. The molecule has 0 unspecified atom stereocenters. The molecular weight excluding hydrogens is 366 g/mol. The summed E-state index contributed by atoms with van der Waals surface area (Å²) < 4.78 is 32.4. The van der Waals surface area contributed by atoms with Crippen molar-refractivity contribution in [2.75, 3.05) is 43.1 Å². The first-order chi connectivity index (χ1) is 13.0. The van der Waals surface area contributed by atoms with E-state index in [0.717, 1.165) is 24.3 Å². The third kappa shape index (κ3) is 5.06. The number of hydrogen-bond acceptors (Lipinski definition) is 5. The molecule has 2 aromatic carbocycles. The molecular formula is C19H23N3O4S. The van der Waals surface area contributed by atoms with Crippen molar-refractivity contribution in [2.24, 2.45) is 0 Å². The highest BCUT2D eigenvalue weighted by Crippen LogP contribution is 2.26. The van der Waals surface area contributed by atoms with E-state index in [1.165, 1.54) is 6.07 Å². The molecule has 1 aliphatic rings. The van der Waals surface area contributed by atoms with Gasteiger partial charge in [0.25, 0.3) is 0 Å². The number of morpholine rings is 1. The highest BCUT2D eigenvalue weighted by atomic mass is 32.2. The van der Waals surface area contributed by atoms with Gasteiger partial charge in [-0.2, -0.15) is 0 Å². The molecule has 1 amide bonds. The van der Waals surface area contributed by atoms with Crippen molar-refractivity contribution in [3.8, 4) is 0 Å². The minimum absolute atomic E-state index is 0.143. The van der Waals surface area contributed by atoms with Crippen molar-refractivity contribution in [1.29, 1.82) is 0 Å². The lowest BCUT2D eigenvalue weighted by Gasteiger charge is -2.30. The Hall–Kier alpha value is -2.42. The molecule has 27 heavy (non-hydrogen) atoms. The summed E-state index contributed by atoms with van der Waals surface area (Å²) in [5.74, 6) is -0.424. The summed E-state index contributed by atoms with van der Waals surface area (Å²) in [6.45, 7) is 4.24. The normalized spacial score (nSPS) is 14.8. The summed E-state index contributed by atoms with van der Waals surface area (Å²) in [6, 6.07) is 14.0. The fraction of sp³-hybridized carbons (Fsp3) is 0.316. The predicted octanol–water partition coefficient (Wildman–Crippen LogP) is 1.75. The van der Waals surface area contributed by atoms with Gasteiger partial charge in [-0.25, -0.2) is 13.1 Å². The van der Waals surface area contributed by atoms with Crippen LogP contribution in [0.2, 0.25) is 0 Å². The van der Waals surface area contributed by atoms with Crippen LogP contribution in [0.5, 0.6) is 0 Å². The zero-order valence-corrected chi connectivity index (χ0v) is 16.0. The number of aryl methyl sites for hydroxylation is 1. The molecule has 1 fully saturated rings. The number of nitrogens with one attached hydrogen (secondary N) is 2. The maximum Gasteiger partial charge on any atom is 0.241 e. The van der Waals surface area contributed by atoms with E-state index in [4.69, 9.17) is 4.74 Å². The number of ether oxygens (including phenoxy) is 1. The van der Waals surface area contributed by atoms with Gasteiger partial charge in [0.05, 0.1) is 36.0 Å². The smallest absolute Gasteiger partial charge is 0.241 e. The van der Waals surface area contributed by atoms with Crippen LogP contribution in [0.1, 0.15) is 5.56 Å². The van der Waals surface area contributed by atoms with E-state index in [1.54, 1.807) is 18.2 Å². The minimum atomic E-state index is -3.74. The Bertz CT molecular complexity index is 909. The van der Waals surface area contributed by atoms with Crippen LogP contribution in [-0.4, -0.2) is 47.2 Å². The number of sulfonamides is 1. The quantitative estimate of drug-likeness (QED) is 0.786. The van der Waals surface area contributed by atoms with Gasteiger partial charge in [0, 0.05) is 13.1 Å². The van der Waals surface area contributed by atoms with Crippen molar-refractivity contribution in [3.05, 3.63) is 54.1 Å². The number of nitrogens with zero attached hydrogens (tertiary/aromatic N) is 1. The first-order valence-electron chi connectivity index (χ1n) is 8.73. The van der Waals surface area contributed by atoms with Crippen LogP contribution in [0.15, 0.2) is 53.4 Å². The summed E-state index contributed by atoms with van der Waals surface area (Å²) in [4.78, 5) is 14.6. The molecule has 1 aliphatic heterocycles. The van der Waals surface area contributed by atoms with Crippen molar-refractivity contribution in [1.82, 2.24) is 4.72 Å². The Morgan fingerprint density at radius 3 is 2.59 bits per heavy atom. The zero-order valence-electron chi connectivity index (χ0n) is 15.1. The molecule has 1 heterocycles. The Morgan fingerprint density at radius 2 is 1.85 bits per heavy atom. The van der Waals surface area contributed by atoms with Gasteiger partial charge >= 0.3 is 0 Å². The van der Waals surface area contributed by atoms with Gasteiger partial charge in [-0.15, -0.1) is 0 Å².